The highest BCUT2D eigenvalue weighted by atomic mass is 19.3. The number of hydrogen-bond acceptors (Lipinski definition) is 7. The Morgan fingerprint density at radius 1 is 1.10 bits per heavy atom. The predicted octanol–water partition coefficient (Wildman–Crippen LogP) is 3.50. The van der Waals surface area contributed by atoms with E-state index in [1.807, 2.05) is 33.3 Å². The first-order chi connectivity index (χ1) is 15.0. The number of ether oxygens (including phenoxy) is 1. The Hall–Kier alpha value is -2.75. The Kier molecular flexibility index (Phi) is 6.35. The molecule has 3 aromatic rings. The van der Waals surface area contributed by atoms with Gasteiger partial charge in [0.2, 0.25) is 12.9 Å². The molecule has 1 aliphatic heterocycles. The van der Waals surface area contributed by atoms with Gasteiger partial charge in [0.15, 0.2) is 5.65 Å². The molecule has 0 unspecified atom stereocenters. The molecule has 0 amide bonds. The van der Waals surface area contributed by atoms with Crippen molar-refractivity contribution in [1.29, 1.82) is 0 Å². The van der Waals surface area contributed by atoms with Gasteiger partial charge in [-0.25, -0.2) is 23.7 Å². The highest BCUT2D eigenvalue weighted by Gasteiger charge is 2.29. The molecule has 0 spiro atoms. The van der Waals surface area contributed by atoms with E-state index in [0.717, 1.165) is 40.7 Å². The van der Waals surface area contributed by atoms with Gasteiger partial charge in [-0.05, 0) is 26.7 Å². The van der Waals surface area contributed by atoms with Crippen LogP contribution in [0.25, 0.3) is 11.2 Å². The van der Waals surface area contributed by atoms with E-state index >= 15 is 0 Å². The van der Waals surface area contributed by atoms with Crippen LogP contribution >= 0.6 is 0 Å². The molecule has 4 heterocycles. The number of fused-ring (bicyclic) bond motifs is 1. The molecule has 2 aliphatic rings. The van der Waals surface area contributed by atoms with Gasteiger partial charge in [0.25, 0.3) is 0 Å². The van der Waals surface area contributed by atoms with Gasteiger partial charge in [-0.15, -0.1) is 0 Å². The Bertz CT molecular complexity index is 1050. The predicted molar refractivity (Wildman–Crippen MR) is 112 cm³/mol. The molecule has 10 heteroatoms. The van der Waals surface area contributed by atoms with Gasteiger partial charge in [0.1, 0.15) is 11.6 Å². The summed E-state index contributed by atoms with van der Waals surface area (Å²) in [6.07, 6.45) is 7.44. The fourth-order valence-corrected chi connectivity index (χ4v) is 3.87. The SMILES string of the molecule is Cc1nc2nc(N3CCO[C@H](c4cnn(C)c4)C3)nc(C3CCC3)c2nc1C.FCF. The van der Waals surface area contributed by atoms with Gasteiger partial charge in [0, 0.05) is 31.3 Å². The average molecular weight is 431 g/mol. The lowest BCUT2D eigenvalue weighted by atomic mass is 9.82. The van der Waals surface area contributed by atoms with Gasteiger partial charge in [-0.3, -0.25) is 4.68 Å². The maximum Gasteiger partial charge on any atom is 0.229 e. The first-order valence-corrected chi connectivity index (χ1v) is 10.5. The van der Waals surface area contributed by atoms with Gasteiger partial charge < -0.3 is 9.64 Å². The van der Waals surface area contributed by atoms with Gasteiger partial charge in [-0.1, -0.05) is 6.42 Å². The molecule has 0 N–H and O–H groups in total. The molecule has 1 saturated carbocycles. The zero-order valence-electron chi connectivity index (χ0n) is 18.1. The van der Waals surface area contributed by atoms with Crippen molar-refractivity contribution in [3.63, 3.8) is 0 Å². The largest absolute Gasteiger partial charge is 0.370 e. The van der Waals surface area contributed by atoms with Crippen molar-refractivity contribution in [3.05, 3.63) is 35.0 Å². The fourth-order valence-electron chi connectivity index (χ4n) is 3.87. The Morgan fingerprint density at radius 3 is 2.48 bits per heavy atom. The van der Waals surface area contributed by atoms with E-state index in [0.29, 0.717) is 24.7 Å². The molecule has 0 radical (unpaired) electrons. The number of rotatable bonds is 3. The number of aromatic nitrogens is 6. The molecule has 1 aliphatic carbocycles. The van der Waals surface area contributed by atoms with E-state index in [1.165, 1.54) is 19.3 Å². The van der Waals surface area contributed by atoms with Crippen molar-refractivity contribution in [2.24, 2.45) is 7.05 Å². The average Bonchev–Trinajstić information content (AvgIpc) is 3.15. The molecule has 0 bridgehead atoms. The minimum absolute atomic E-state index is 0.0280. The zero-order valence-corrected chi connectivity index (χ0v) is 18.1. The third-order valence-corrected chi connectivity index (χ3v) is 5.90. The second-order valence-electron chi connectivity index (χ2n) is 7.96. The quantitative estimate of drug-likeness (QED) is 0.628. The summed E-state index contributed by atoms with van der Waals surface area (Å²) >= 11 is 0. The smallest absolute Gasteiger partial charge is 0.229 e. The topological polar surface area (TPSA) is 81.9 Å². The van der Waals surface area contributed by atoms with Crippen molar-refractivity contribution in [1.82, 2.24) is 29.7 Å². The molecule has 1 saturated heterocycles. The van der Waals surface area contributed by atoms with Crippen LogP contribution in [0.1, 0.15) is 53.9 Å². The molecule has 3 aromatic heterocycles. The lowest BCUT2D eigenvalue weighted by molar-refractivity contribution is 0.0392. The van der Waals surface area contributed by atoms with Crippen LogP contribution in [-0.4, -0.2) is 56.3 Å². The Labute approximate surface area is 179 Å². The van der Waals surface area contributed by atoms with Crippen LogP contribution in [0.3, 0.4) is 0 Å². The number of halogens is 2. The second-order valence-corrected chi connectivity index (χ2v) is 7.96. The minimum atomic E-state index is -1.75. The monoisotopic (exact) mass is 431 g/mol. The lowest BCUT2D eigenvalue weighted by Gasteiger charge is -2.33. The molecular weight excluding hydrogens is 404 g/mol. The standard InChI is InChI=1S/C20H25N7O.CH2F2/c1-12-13(2)23-19-18(22-12)17(14-5-4-6-14)24-20(25-19)27-7-8-28-16(11-27)15-9-21-26(3)10-15;2-1-3/h9-10,14,16H,4-8,11H2,1-3H3;1H2/t16-;/m0./s1. The number of hydrogen-bond donors (Lipinski definition) is 0. The maximum absolute atomic E-state index is 9.62. The summed E-state index contributed by atoms with van der Waals surface area (Å²) in [5.74, 6) is 1.21. The molecule has 8 nitrogen and oxygen atoms in total. The van der Waals surface area contributed by atoms with E-state index < -0.39 is 6.93 Å². The minimum Gasteiger partial charge on any atom is -0.370 e. The molecular formula is C21H27F2N7O. The summed E-state index contributed by atoms with van der Waals surface area (Å²) in [5, 5.41) is 4.27. The molecule has 2 fully saturated rings. The highest BCUT2D eigenvalue weighted by molar-refractivity contribution is 5.75. The van der Waals surface area contributed by atoms with Gasteiger partial charge in [0.05, 0.1) is 36.4 Å². The first-order valence-electron chi connectivity index (χ1n) is 10.5. The third-order valence-electron chi connectivity index (χ3n) is 5.90. The van der Waals surface area contributed by atoms with Crippen LogP contribution in [0.15, 0.2) is 12.4 Å². The van der Waals surface area contributed by atoms with Crippen LogP contribution in [-0.2, 0) is 11.8 Å². The summed E-state index contributed by atoms with van der Waals surface area (Å²) < 4.78 is 27.0. The fraction of sp³-hybridized carbons (Fsp3) is 0.571. The van der Waals surface area contributed by atoms with Crippen LogP contribution in [0.4, 0.5) is 14.7 Å². The van der Waals surface area contributed by atoms with E-state index in [1.54, 1.807) is 4.68 Å². The number of anilines is 1. The van der Waals surface area contributed by atoms with Crippen molar-refractivity contribution in [3.8, 4) is 0 Å². The van der Waals surface area contributed by atoms with Crippen LogP contribution in [0, 0.1) is 13.8 Å². The van der Waals surface area contributed by atoms with Crippen LogP contribution < -0.4 is 4.90 Å². The maximum atomic E-state index is 9.62. The summed E-state index contributed by atoms with van der Waals surface area (Å²) in [6, 6.07) is 0. The normalized spacial score (nSPS) is 19.1. The first kappa shape index (κ1) is 21.5. The summed E-state index contributed by atoms with van der Waals surface area (Å²) in [4.78, 5) is 21.5. The number of morpholine rings is 1. The van der Waals surface area contributed by atoms with Gasteiger partial charge >= 0.3 is 0 Å². The molecule has 166 valence electrons. The molecule has 31 heavy (non-hydrogen) atoms. The third kappa shape index (κ3) is 4.48. The Morgan fingerprint density at radius 2 is 1.84 bits per heavy atom. The molecule has 5 rings (SSSR count). The van der Waals surface area contributed by atoms with E-state index in [4.69, 9.17) is 24.7 Å². The molecule has 1 atom stereocenters. The summed E-state index contributed by atoms with van der Waals surface area (Å²) in [7, 11) is 1.92. The highest BCUT2D eigenvalue weighted by Crippen LogP contribution is 2.38. The Balaban J connectivity index is 0.000000730. The van der Waals surface area contributed by atoms with Gasteiger partial charge in [-0.2, -0.15) is 10.1 Å². The number of nitrogens with zero attached hydrogens (tertiary/aromatic N) is 7. The number of aryl methyl sites for hydroxylation is 3. The number of alkyl halides is 2. The van der Waals surface area contributed by atoms with Crippen molar-refractivity contribution in [2.45, 2.75) is 45.1 Å². The van der Waals surface area contributed by atoms with Crippen molar-refractivity contribution >= 4 is 17.1 Å². The van der Waals surface area contributed by atoms with Crippen LogP contribution in [0.5, 0.6) is 0 Å². The molecule has 0 aromatic carbocycles. The van der Waals surface area contributed by atoms with E-state index in [-0.39, 0.29) is 6.10 Å². The summed E-state index contributed by atoms with van der Waals surface area (Å²) in [6.45, 7) is 4.35. The van der Waals surface area contributed by atoms with Crippen LogP contribution in [0.2, 0.25) is 0 Å². The lowest BCUT2D eigenvalue weighted by Crippen LogP contribution is -2.39. The van der Waals surface area contributed by atoms with Crippen molar-refractivity contribution in [2.75, 3.05) is 31.5 Å². The van der Waals surface area contributed by atoms with E-state index in [9.17, 15) is 8.78 Å². The zero-order chi connectivity index (χ0) is 22.0. The van der Waals surface area contributed by atoms with E-state index in [2.05, 4.69) is 10.00 Å². The second kappa shape index (κ2) is 9.17. The van der Waals surface area contributed by atoms with Crippen molar-refractivity contribution < 1.29 is 13.5 Å². The summed E-state index contributed by atoms with van der Waals surface area (Å²) in [5.41, 5.74) is 5.59.